The predicted molar refractivity (Wildman–Crippen MR) is 112 cm³/mol. The Balaban J connectivity index is 0.000000224. The van der Waals surface area contributed by atoms with Gasteiger partial charge in [-0.15, -0.1) is 0 Å². The van der Waals surface area contributed by atoms with E-state index in [0.717, 1.165) is 29.8 Å². The van der Waals surface area contributed by atoms with Crippen LogP contribution in [0.3, 0.4) is 0 Å². The summed E-state index contributed by atoms with van der Waals surface area (Å²) < 4.78 is 10.7. The van der Waals surface area contributed by atoms with E-state index < -0.39 is 0 Å². The van der Waals surface area contributed by atoms with E-state index in [-0.39, 0.29) is 17.9 Å². The van der Waals surface area contributed by atoms with Gasteiger partial charge in [0, 0.05) is 44.5 Å². The maximum atomic E-state index is 12.7. The fourth-order valence-corrected chi connectivity index (χ4v) is 3.95. The van der Waals surface area contributed by atoms with Crippen molar-refractivity contribution in [3.8, 4) is 11.5 Å². The van der Waals surface area contributed by atoms with Gasteiger partial charge in [0.15, 0.2) is 16.7 Å². The van der Waals surface area contributed by atoms with E-state index in [1.54, 1.807) is 25.6 Å². The number of carbonyl (C=O) groups excluding carboxylic acids is 2. The molecule has 0 saturated carbocycles. The Morgan fingerprint density at radius 3 is 2.76 bits per heavy atom. The maximum absolute atomic E-state index is 12.7. The van der Waals surface area contributed by atoms with Gasteiger partial charge in [0.2, 0.25) is 0 Å². The summed E-state index contributed by atoms with van der Waals surface area (Å²) in [7, 11) is 1.80. The highest BCUT2D eigenvalue weighted by Crippen LogP contribution is 2.34. The Kier molecular flexibility index (Phi) is 7.56. The van der Waals surface area contributed by atoms with Crippen molar-refractivity contribution in [1.29, 1.82) is 0 Å². The number of hydrogen-bond acceptors (Lipinski definition) is 9. The average molecular weight is 419 g/mol. The lowest BCUT2D eigenvalue weighted by Crippen LogP contribution is -2.42. The van der Waals surface area contributed by atoms with E-state index in [9.17, 15) is 9.59 Å². The molecule has 2 aliphatic rings. The smallest absolute Gasteiger partial charge is 0.183 e. The zero-order chi connectivity index (χ0) is 20.6. The third kappa shape index (κ3) is 5.53. The summed E-state index contributed by atoms with van der Waals surface area (Å²) in [5.74, 6) is 0.819. The highest BCUT2D eigenvalue weighted by atomic mass is 32.1. The van der Waals surface area contributed by atoms with Crippen LogP contribution in [0.4, 0.5) is 5.13 Å². The Bertz CT molecular complexity index is 841. The van der Waals surface area contributed by atoms with Crippen LogP contribution < -0.4 is 16.0 Å². The standard InChI is InChI=1S/C14H16N2O3S.C6H10N2O/c1-15-14-16-11(10-3-2-6-19-10)13(20-14)12(17)9-4-7-18-8-5-9;1-5-7-2-6(4-9)3-8-5/h2-3,6,9H,4-5,7-8H2,1H3,(H,15,16);2,4-5,7-8H,3H2,1H3. The molecule has 0 aliphatic carbocycles. The molecule has 2 aliphatic heterocycles. The molecular formula is C20H26N4O4S. The Morgan fingerprint density at radius 2 is 2.17 bits per heavy atom. The monoisotopic (exact) mass is 418 g/mol. The number of nitrogens with one attached hydrogen (secondary N) is 3. The van der Waals surface area contributed by atoms with E-state index in [1.165, 1.54) is 11.3 Å². The quantitative estimate of drug-likeness (QED) is 0.503. The number of rotatable bonds is 5. The minimum Gasteiger partial charge on any atom is -0.463 e. The van der Waals surface area contributed by atoms with Crippen molar-refractivity contribution in [2.45, 2.75) is 25.9 Å². The first-order valence-electron chi connectivity index (χ1n) is 9.60. The topological polar surface area (TPSA) is 105 Å². The summed E-state index contributed by atoms with van der Waals surface area (Å²) in [4.78, 5) is 27.9. The summed E-state index contributed by atoms with van der Waals surface area (Å²) in [5, 5.41) is 9.78. The average Bonchev–Trinajstić information content (AvgIpc) is 3.44. The lowest BCUT2D eigenvalue weighted by atomic mass is 9.94. The fraction of sp³-hybridized carbons (Fsp3) is 0.450. The van der Waals surface area contributed by atoms with Crippen LogP contribution in [-0.4, -0.2) is 50.0 Å². The van der Waals surface area contributed by atoms with Gasteiger partial charge < -0.3 is 19.8 Å². The van der Waals surface area contributed by atoms with Crippen molar-refractivity contribution in [2.75, 3.05) is 32.1 Å². The molecular weight excluding hydrogens is 392 g/mol. The molecule has 29 heavy (non-hydrogen) atoms. The summed E-state index contributed by atoms with van der Waals surface area (Å²) in [6.45, 7) is 3.99. The van der Waals surface area contributed by atoms with Crippen LogP contribution in [0, 0.1) is 5.92 Å². The molecule has 156 valence electrons. The molecule has 1 fully saturated rings. The van der Waals surface area contributed by atoms with E-state index in [2.05, 4.69) is 20.9 Å². The third-order valence-electron chi connectivity index (χ3n) is 4.69. The van der Waals surface area contributed by atoms with Gasteiger partial charge in [0.05, 0.1) is 12.4 Å². The van der Waals surface area contributed by atoms with Crippen molar-refractivity contribution in [3.05, 3.63) is 35.0 Å². The second-order valence-corrected chi connectivity index (χ2v) is 7.78. The molecule has 2 aromatic heterocycles. The van der Waals surface area contributed by atoms with Crippen LogP contribution in [0.15, 0.2) is 34.6 Å². The Hall–Kier alpha value is -2.49. The number of Topliss-reactive ketones (excluding diaryl/α,β-unsaturated/α-hetero) is 1. The second kappa shape index (κ2) is 10.3. The van der Waals surface area contributed by atoms with Crippen LogP contribution in [0.2, 0.25) is 0 Å². The largest absolute Gasteiger partial charge is 0.463 e. The zero-order valence-corrected chi connectivity index (χ0v) is 17.4. The van der Waals surface area contributed by atoms with Crippen LogP contribution >= 0.6 is 11.3 Å². The third-order valence-corrected chi connectivity index (χ3v) is 5.78. The van der Waals surface area contributed by atoms with Crippen LogP contribution in [0.5, 0.6) is 0 Å². The van der Waals surface area contributed by atoms with E-state index >= 15 is 0 Å². The van der Waals surface area contributed by atoms with Crippen molar-refractivity contribution in [2.24, 2.45) is 5.92 Å². The Morgan fingerprint density at radius 1 is 1.38 bits per heavy atom. The van der Waals surface area contributed by atoms with Crippen LogP contribution in [0.1, 0.15) is 29.4 Å². The van der Waals surface area contributed by atoms with Crippen LogP contribution in [-0.2, 0) is 9.53 Å². The zero-order valence-electron chi connectivity index (χ0n) is 16.6. The molecule has 4 heterocycles. The number of anilines is 1. The summed E-state index contributed by atoms with van der Waals surface area (Å²) in [6.07, 6.45) is 6.04. The first-order chi connectivity index (χ1) is 14.1. The van der Waals surface area contributed by atoms with E-state index in [0.29, 0.717) is 36.1 Å². The maximum Gasteiger partial charge on any atom is 0.183 e. The van der Waals surface area contributed by atoms with Crippen molar-refractivity contribution in [3.63, 3.8) is 0 Å². The van der Waals surface area contributed by atoms with Gasteiger partial charge in [0.25, 0.3) is 0 Å². The first kappa shape index (κ1) is 21.2. The molecule has 4 rings (SSSR count). The summed E-state index contributed by atoms with van der Waals surface area (Å²) in [6, 6.07) is 3.63. The SMILES string of the molecule is CC1NC=C(C=O)CN1.CNc1nc(-c2ccco2)c(C(=O)C2CCOCC2)s1. The van der Waals surface area contributed by atoms with Crippen molar-refractivity contribution >= 4 is 28.5 Å². The van der Waals surface area contributed by atoms with Gasteiger partial charge in [-0.3, -0.25) is 14.9 Å². The normalized spacial score (nSPS) is 19.4. The number of ether oxygens (including phenoxy) is 1. The molecule has 9 heteroatoms. The number of hydrogen-bond donors (Lipinski definition) is 3. The number of aldehydes is 1. The first-order valence-corrected chi connectivity index (χ1v) is 10.4. The number of carbonyl (C=O) groups is 2. The van der Waals surface area contributed by atoms with Gasteiger partial charge in [-0.25, -0.2) is 4.98 Å². The molecule has 0 amide bonds. The molecule has 8 nitrogen and oxygen atoms in total. The summed E-state index contributed by atoms with van der Waals surface area (Å²) in [5.41, 5.74) is 1.41. The number of nitrogens with zero attached hydrogens (tertiary/aromatic N) is 1. The van der Waals surface area contributed by atoms with Gasteiger partial charge in [0.1, 0.15) is 16.9 Å². The molecule has 1 atom stereocenters. The molecule has 1 saturated heterocycles. The lowest BCUT2D eigenvalue weighted by molar-refractivity contribution is -0.105. The molecule has 1 unspecified atom stereocenters. The fourth-order valence-electron chi connectivity index (χ4n) is 3.01. The van der Waals surface area contributed by atoms with E-state index in [4.69, 9.17) is 9.15 Å². The lowest BCUT2D eigenvalue weighted by Gasteiger charge is -2.20. The molecule has 0 aromatic carbocycles. The Labute approximate surface area is 173 Å². The minimum atomic E-state index is 0.0302. The highest BCUT2D eigenvalue weighted by molar-refractivity contribution is 7.18. The highest BCUT2D eigenvalue weighted by Gasteiger charge is 2.28. The van der Waals surface area contributed by atoms with Crippen LogP contribution in [0.25, 0.3) is 11.5 Å². The number of furan rings is 1. The molecule has 0 radical (unpaired) electrons. The molecule has 0 spiro atoms. The minimum absolute atomic E-state index is 0.0302. The van der Waals surface area contributed by atoms with Gasteiger partial charge in [-0.2, -0.15) is 0 Å². The number of ketones is 1. The van der Waals surface area contributed by atoms with Gasteiger partial charge >= 0.3 is 0 Å². The summed E-state index contributed by atoms with van der Waals surface area (Å²) >= 11 is 1.39. The second-order valence-electron chi connectivity index (χ2n) is 6.78. The number of thiazole rings is 1. The van der Waals surface area contributed by atoms with Crippen molar-refractivity contribution < 1.29 is 18.7 Å². The molecule has 3 N–H and O–H groups in total. The number of aromatic nitrogens is 1. The van der Waals surface area contributed by atoms with E-state index in [1.807, 2.05) is 13.0 Å². The predicted octanol–water partition coefficient (Wildman–Crippen LogP) is 2.66. The van der Waals surface area contributed by atoms with Crippen molar-refractivity contribution in [1.82, 2.24) is 15.6 Å². The molecule has 2 aromatic rings. The molecule has 0 bridgehead atoms. The van der Waals surface area contributed by atoms with Gasteiger partial charge in [-0.05, 0) is 31.9 Å². The van der Waals surface area contributed by atoms with Gasteiger partial charge in [-0.1, -0.05) is 11.3 Å².